The van der Waals surface area contributed by atoms with E-state index in [9.17, 15) is 0 Å². The van der Waals surface area contributed by atoms with Gasteiger partial charge in [-0.3, -0.25) is 0 Å². The molecule has 1 aromatic carbocycles. The fourth-order valence-corrected chi connectivity index (χ4v) is 1.83. The minimum absolute atomic E-state index is 0.350. The van der Waals surface area contributed by atoms with E-state index in [-0.39, 0.29) is 0 Å². The first-order chi connectivity index (χ1) is 9.81. The van der Waals surface area contributed by atoms with Crippen LogP contribution in [0.1, 0.15) is 11.4 Å². The van der Waals surface area contributed by atoms with E-state index in [2.05, 4.69) is 32.8 Å². The summed E-state index contributed by atoms with van der Waals surface area (Å²) in [4.78, 5) is 8.56. The maximum atomic E-state index is 5.39. The van der Waals surface area contributed by atoms with Crippen LogP contribution in [0, 0.1) is 0 Å². The van der Waals surface area contributed by atoms with Crippen LogP contribution in [0.3, 0.4) is 0 Å². The van der Waals surface area contributed by atoms with Crippen LogP contribution in [0.15, 0.2) is 36.4 Å². The number of hydrazine groups is 1. The van der Waals surface area contributed by atoms with Gasteiger partial charge >= 0.3 is 0 Å². The van der Waals surface area contributed by atoms with Gasteiger partial charge in [0.1, 0.15) is 18.2 Å². The van der Waals surface area contributed by atoms with Crippen LogP contribution >= 0.6 is 0 Å². The molecular formula is C14H19N5O. The number of ether oxygens (including phenoxy) is 1. The van der Waals surface area contributed by atoms with E-state index < -0.39 is 0 Å². The van der Waals surface area contributed by atoms with Crippen molar-refractivity contribution in [3.05, 3.63) is 47.8 Å². The quantitative estimate of drug-likeness (QED) is 0.524. The van der Waals surface area contributed by atoms with Crippen molar-refractivity contribution in [2.45, 2.75) is 13.0 Å². The molecule has 4 N–H and O–H groups in total. The Bertz CT molecular complexity index is 532. The molecule has 1 heterocycles. The second-order valence-corrected chi connectivity index (χ2v) is 4.29. The summed E-state index contributed by atoms with van der Waals surface area (Å²) in [5.41, 5.74) is 3.81. The zero-order valence-electron chi connectivity index (χ0n) is 11.5. The Morgan fingerprint density at radius 3 is 2.60 bits per heavy atom. The van der Waals surface area contributed by atoms with Gasteiger partial charge in [-0.1, -0.05) is 30.3 Å². The second-order valence-electron chi connectivity index (χ2n) is 4.29. The molecule has 6 nitrogen and oxygen atoms in total. The molecule has 0 saturated heterocycles. The van der Waals surface area contributed by atoms with E-state index in [1.807, 2.05) is 18.2 Å². The van der Waals surface area contributed by atoms with Crippen molar-refractivity contribution in [1.29, 1.82) is 0 Å². The molecule has 106 valence electrons. The lowest BCUT2D eigenvalue weighted by Crippen LogP contribution is -2.13. The van der Waals surface area contributed by atoms with E-state index in [4.69, 9.17) is 10.6 Å². The third-order valence-corrected chi connectivity index (χ3v) is 2.76. The Balaban J connectivity index is 1.96. The summed E-state index contributed by atoms with van der Waals surface area (Å²) in [5, 5.41) is 3.26. The van der Waals surface area contributed by atoms with Gasteiger partial charge in [-0.15, -0.1) is 0 Å². The number of aromatic nitrogens is 2. The van der Waals surface area contributed by atoms with Crippen LogP contribution in [0.25, 0.3) is 0 Å². The van der Waals surface area contributed by atoms with Crippen molar-refractivity contribution in [2.75, 3.05) is 24.4 Å². The third kappa shape index (κ3) is 4.18. The average molecular weight is 273 g/mol. The van der Waals surface area contributed by atoms with Crippen molar-refractivity contribution >= 4 is 11.6 Å². The SMILES string of the molecule is COCc1nc(NN)cc(NCCc2ccccc2)n1. The van der Waals surface area contributed by atoms with Gasteiger partial charge in [0, 0.05) is 19.7 Å². The van der Waals surface area contributed by atoms with Gasteiger partial charge in [-0.05, 0) is 12.0 Å². The van der Waals surface area contributed by atoms with Gasteiger partial charge in [0.25, 0.3) is 0 Å². The molecule has 0 amide bonds. The molecule has 0 radical (unpaired) electrons. The van der Waals surface area contributed by atoms with Crippen LogP contribution < -0.4 is 16.6 Å². The first-order valence-corrected chi connectivity index (χ1v) is 6.43. The highest BCUT2D eigenvalue weighted by Gasteiger charge is 2.03. The molecule has 1 aromatic heterocycles. The van der Waals surface area contributed by atoms with Crippen LogP contribution in [0.4, 0.5) is 11.6 Å². The lowest BCUT2D eigenvalue weighted by atomic mass is 10.1. The molecule has 2 aromatic rings. The molecule has 0 aliphatic rings. The molecule has 0 unspecified atom stereocenters. The standard InChI is InChI=1S/C14H19N5O/c1-20-10-14-17-12(9-13(18-14)19-15)16-8-7-11-5-3-2-4-6-11/h2-6,9H,7-8,10,15H2,1H3,(H2,16,17,18,19). The lowest BCUT2D eigenvalue weighted by molar-refractivity contribution is 0.178. The fourth-order valence-electron chi connectivity index (χ4n) is 1.83. The summed E-state index contributed by atoms with van der Waals surface area (Å²) in [6.45, 7) is 1.14. The number of nitrogens with two attached hydrogens (primary N) is 1. The van der Waals surface area contributed by atoms with Crippen LogP contribution in [-0.4, -0.2) is 23.6 Å². The molecule has 20 heavy (non-hydrogen) atoms. The zero-order chi connectivity index (χ0) is 14.2. The number of nitrogens with one attached hydrogen (secondary N) is 2. The molecule has 0 aliphatic heterocycles. The first kappa shape index (κ1) is 14.2. The normalized spacial score (nSPS) is 10.3. The van der Waals surface area contributed by atoms with Crippen molar-refractivity contribution < 1.29 is 4.74 Å². The highest BCUT2D eigenvalue weighted by molar-refractivity contribution is 5.46. The lowest BCUT2D eigenvalue weighted by Gasteiger charge is -2.09. The third-order valence-electron chi connectivity index (χ3n) is 2.76. The summed E-state index contributed by atoms with van der Waals surface area (Å²) in [7, 11) is 1.61. The van der Waals surface area contributed by atoms with Gasteiger partial charge in [0.2, 0.25) is 0 Å². The Labute approximate surface area is 118 Å². The number of methoxy groups -OCH3 is 1. The fraction of sp³-hybridized carbons (Fsp3) is 0.286. The van der Waals surface area contributed by atoms with Crippen molar-refractivity contribution in [1.82, 2.24) is 9.97 Å². The Hall–Kier alpha value is -2.18. The summed E-state index contributed by atoms with van der Waals surface area (Å²) in [6.07, 6.45) is 0.926. The molecule has 0 bridgehead atoms. The highest BCUT2D eigenvalue weighted by Crippen LogP contribution is 2.11. The maximum absolute atomic E-state index is 5.39. The molecule has 6 heteroatoms. The number of rotatable bonds is 7. The van der Waals surface area contributed by atoms with E-state index in [0.29, 0.717) is 18.2 Å². The van der Waals surface area contributed by atoms with E-state index in [1.54, 1.807) is 13.2 Å². The number of hydrogen-bond acceptors (Lipinski definition) is 6. The number of benzene rings is 1. The number of nitrogens with zero attached hydrogens (tertiary/aromatic N) is 2. The Morgan fingerprint density at radius 1 is 1.15 bits per heavy atom. The summed E-state index contributed by atoms with van der Waals surface area (Å²) >= 11 is 0. The summed E-state index contributed by atoms with van der Waals surface area (Å²) in [5.74, 6) is 7.28. The topological polar surface area (TPSA) is 85.1 Å². The minimum atomic E-state index is 0.350. The van der Waals surface area contributed by atoms with E-state index in [1.165, 1.54) is 5.56 Å². The van der Waals surface area contributed by atoms with Crippen molar-refractivity contribution in [2.24, 2.45) is 5.84 Å². The maximum Gasteiger partial charge on any atom is 0.158 e. The zero-order valence-corrected chi connectivity index (χ0v) is 11.5. The smallest absolute Gasteiger partial charge is 0.158 e. The van der Waals surface area contributed by atoms with Gasteiger partial charge in [-0.2, -0.15) is 0 Å². The van der Waals surface area contributed by atoms with Crippen LogP contribution in [0.5, 0.6) is 0 Å². The van der Waals surface area contributed by atoms with Crippen molar-refractivity contribution in [3.8, 4) is 0 Å². The predicted molar refractivity (Wildman–Crippen MR) is 79.2 cm³/mol. The van der Waals surface area contributed by atoms with Gasteiger partial charge in [0.05, 0.1) is 0 Å². The Morgan fingerprint density at radius 2 is 1.90 bits per heavy atom. The molecule has 0 fully saturated rings. The minimum Gasteiger partial charge on any atom is -0.377 e. The monoisotopic (exact) mass is 273 g/mol. The first-order valence-electron chi connectivity index (χ1n) is 6.43. The van der Waals surface area contributed by atoms with Gasteiger partial charge < -0.3 is 15.5 Å². The van der Waals surface area contributed by atoms with Gasteiger partial charge in [-0.25, -0.2) is 15.8 Å². The number of hydrogen-bond donors (Lipinski definition) is 3. The van der Waals surface area contributed by atoms with Crippen LogP contribution in [-0.2, 0) is 17.8 Å². The highest BCUT2D eigenvalue weighted by atomic mass is 16.5. The largest absolute Gasteiger partial charge is 0.377 e. The summed E-state index contributed by atoms with van der Waals surface area (Å²) < 4.78 is 5.03. The summed E-state index contributed by atoms with van der Waals surface area (Å²) in [6, 6.07) is 12.1. The van der Waals surface area contributed by atoms with E-state index >= 15 is 0 Å². The molecule has 2 rings (SSSR count). The molecular weight excluding hydrogens is 254 g/mol. The second kappa shape index (κ2) is 7.42. The predicted octanol–water partition coefficient (Wildman–Crippen LogP) is 1.56. The van der Waals surface area contributed by atoms with Crippen LogP contribution in [0.2, 0.25) is 0 Å². The number of nitrogen functional groups attached to an aromatic ring is 1. The molecule has 0 aliphatic carbocycles. The Kier molecular flexibility index (Phi) is 5.28. The molecule has 0 atom stereocenters. The molecule has 0 saturated carbocycles. The van der Waals surface area contributed by atoms with E-state index in [0.717, 1.165) is 18.8 Å². The van der Waals surface area contributed by atoms with Crippen molar-refractivity contribution in [3.63, 3.8) is 0 Å². The number of anilines is 2. The molecule has 0 spiro atoms. The van der Waals surface area contributed by atoms with Gasteiger partial charge in [0.15, 0.2) is 5.82 Å². The average Bonchev–Trinajstić information content (AvgIpc) is 2.48.